The molecule has 146 valence electrons. The van der Waals surface area contributed by atoms with Gasteiger partial charge in [0.05, 0.1) is 12.6 Å². The van der Waals surface area contributed by atoms with Crippen LogP contribution in [0.1, 0.15) is 19.3 Å². The van der Waals surface area contributed by atoms with Gasteiger partial charge in [0.15, 0.2) is 11.6 Å². The lowest BCUT2D eigenvalue weighted by Gasteiger charge is -2.40. The van der Waals surface area contributed by atoms with Gasteiger partial charge in [-0.25, -0.2) is 17.7 Å². The minimum Gasteiger partial charge on any atom is -0.494 e. The molecule has 2 aliphatic rings. The number of methoxy groups -OCH3 is 1. The molecule has 0 bridgehead atoms. The van der Waals surface area contributed by atoms with Gasteiger partial charge in [-0.15, -0.1) is 0 Å². The number of piperidine rings is 1. The number of fused-ring (bicyclic) bond motifs is 1. The zero-order valence-corrected chi connectivity index (χ0v) is 16.5. The van der Waals surface area contributed by atoms with Crippen molar-refractivity contribution in [3.05, 3.63) is 30.2 Å². The summed E-state index contributed by atoms with van der Waals surface area (Å²) in [4.78, 5) is 6.65. The zero-order chi connectivity index (χ0) is 19.2. The molecular formula is C19H25FN4O2S. The van der Waals surface area contributed by atoms with Gasteiger partial charge < -0.3 is 9.64 Å². The third-order valence-electron chi connectivity index (χ3n) is 6.05. The van der Waals surface area contributed by atoms with Gasteiger partial charge in [0.2, 0.25) is 0 Å². The number of ether oxygens (including phenoxy) is 1. The molecule has 2 fully saturated rings. The van der Waals surface area contributed by atoms with Crippen molar-refractivity contribution in [2.24, 2.45) is 5.41 Å². The van der Waals surface area contributed by atoms with E-state index >= 15 is 0 Å². The van der Waals surface area contributed by atoms with Crippen molar-refractivity contribution >= 4 is 26.5 Å². The van der Waals surface area contributed by atoms with Crippen molar-refractivity contribution in [2.75, 3.05) is 44.4 Å². The van der Waals surface area contributed by atoms with Crippen LogP contribution in [-0.4, -0.2) is 53.0 Å². The standard InChI is InChI=1S/C19H25FN4O2S/c1-26-18-12-16-14(11-15(18)20)17(3-7-22-16)23-8-4-19(5-9-23)6-10-24(13-19)27(2,21)25/h3,7,11-12,21H,4-6,8-10,13H2,1-2H3/t27-/m0/s1. The predicted molar refractivity (Wildman–Crippen MR) is 105 cm³/mol. The Kier molecular flexibility index (Phi) is 4.50. The number of benzene rings is 1. The van der Waals surface area contributed by atoms with Crippen LogP contribution >= 0.6 is 0 Å². The van der Waals surface area contributed by atoms with Gasteiger partial charge in [-0.1, -0.05) is 0 Å². The van der Waals surface area contributed by atoms with E-state index in [1.54, 1.807) is 12.3 Å². The van der Waals surface area contributed by atoms with E-state index in [4.69, 9.17) is 9.52 Å². The second-order valence-corrected chi connectivity index (χ2v) is 9.86. The number of halogens is 1. The molecule has 1 atom stereocenters. The smallest absolute Gasteiger partial charge is 0.165 e. The first-order valence-corrected chi connectivity index (χ1v) is 11.1. The van der Waals surface area contributed by atoms with Gasteiger partial charge >= 0.3 is 0 Å². The molecule has 6 nitrogen and oxygen atoms in total. The number of rotatable bonds is 3. The highest BCUT2D eigenvalue weighted by Crippen LogP contribution is 2.43. The molecule has 1 spiro atoms. The van der Waals surface area contributed by atoms with E-state index in [2.05, 4.69) is 9.88 Å². The van der Waals surface area contributed by atoms with Crippen molar-refractivity contribution in [2.45, 2.75) is 19.3 Å². The number of pyridine rings is 1. The molecule has 1 aromatic heterocycles. The molecule has 1 N–H and O–H groups in total. The lowest BCUT2D eigenvalue weighted by Crippen LogP contribution is -2.42. The monoisotopic (exact) mass is 392 g/mol. The van der Waals surface area contributed by atoms with E-state index in [0.717, 1.165) is 62.0 Å². The largest absolute Gasteiger partial charge is 0.494 e. The van der Waals surface area contributed by atoms with Gasteiger partial charge in [0, 0.05) is 55.8 Å². The number of nitrogens with zero attached hydrogens (tertiary/aromatic N) is 3. The molecule has 8 heteroatoms. The first-order valence-electron chi connectivity index (χ1n) is 9.17. The van der Waals surface area contributed by atoms with Crippen LogP contribution in [0, 0.1) is 16.0 Å². The summed E-state index contributed by atoms with van der Waals surface area (Å²) < 4.78 is 41.0. The fraction of sp³-hybridized carbons (Fsp3) is 0.526. The second-order valence-electron chi connectivity index (χ2n) is 7.74. The summed E-state index contributed by atoms with van der Waals surface area (Å²) in [5.41, 5.74) is 1.86. The predicted octanol–water partition coefficient (Wildman–Crippen LogP) is 3.27. The summed E-state index contributed by atoms with van der Waals surface area (Å²) in [6, 6.07) is 5.08. The molecule has 3 heterocycles. The Hall–Kier alpha value is -1.93. The Bertz CT molecular complexity index is 971. The molecule has 0 radical (unpaired) electrons. The maximum atomic E-state index is 14.2. The summed E-state index contributed by atoms with van der Waals surface area (Å²) in [6.45, 7) is 3.21. The molecule has 0 saturated carbocycles. The molecule has 1 aromatic carbocycles. The summed E-state index contributed by atoms with van der Waals surface area (Å²) in [5.74, 6) is -0.179. The van der Waals surface area contributed by atoms with E-state index in [1.807, 2.05) is 10.4 Å². The van der Waals surface area contributed by atoms with Crippen LogP contribution in [0.3, 0.4) is 0 Å². The van der Waals surface area contributed by atoms with Crippen molar-refractivity contribution in [3.8, 4) is 5.75 Å². The van der Waals surface area contributed by atoms with Gasteiger partial charge in [0.1, 0.15) is 9.92 Å². The first kappa shape index (κ1) is 18.4. The van der Waals surface area contributed by atoms with Crippen LogP contribution in [0.15, 0.2) is 24.4 Å². The molecule has 2 aromatic rings. The number of aromatic nitrogens is 1. The Morgan fingerprint density at radius 1 is 1.26 bits per heavy atom. The molecule has 0 aliphatic carbocycles. The highest BCUT2D eigenvalue weighted by molar-refractivity contribution is 7.89. The average molecular weight is 392 g/mol. The molecule has 2 saturated heterocycles. The minimum atomic E-state index is -2.63. The number of nitrogens with one attached hydrogen (secondary N) is 1. The highest BCUT2D eigenvalue weighted by Gasteiger charge is 2.42. The zero-order valence-electron chi connectivity index (χ0n) is 15.7. The Balaban J connectivity index is 1.56. The van der Waals surface area contributed by atoms with Crippen LogP contribution < -0.4 is 9.64 Å². The van der Waals surface area contributed by atoms with Gasteiger partial charge in [0.25, 0.3) is 0 Å². The fourth-order valence-electron chi connectivity index (χ4n) is 4.39. The lowest BCUT2D eigenvalue weighted by molar-refractivity contribution is 0.236. The normalized spacial score (nSPS) is 22.3. The topological polar surface area (TPSA) is 69.5 Å². The summed E-state index contributed by atoms with van der Waals surface area (Å²) in [5, 5.41) is 0.794. The molecule has 0 unspecified atom stereocenters. The van der Waals surface area contributed by atoms with Crippen LogP contribution in [0.2, 0.25) is 0 Å². The molecule has 27 heavy (non-hydrogen) atoms. The van der Waals surface area contributed by atoms with Crippen LogP contribution in [0.25, 0.3) is 10.9 Å². The Morgan fingerprint density at radius 2 is 1.96 bits per heavy atom. The van der Waals surface area contributed by atoms with Crippen LogP contribution in [0.4, 0.5) is 10.1 Å². The molecule has 0 amide bonds. The fourth-order valence-corrected chi connectivity index (χ4v) is 5.35. The summed E-state index contributed by atoms with van der Waals surface area (Å²) in [7, 11) is -1.17. The SMILES string of the molecule is COc1cc2nccc(N3CCC4(CC3)CCN([S@](C)(=N)=O)C4)c2cc1F. The van der Waals surface area contributed by atoms with E-state index in [0.29, 0.717) is 0 Å². The number of anilines is 1. The molecule has 2 aliphatic heterocycles. The van der Waals surface area contributed by atoms with Crippen molar-refractivity contribution in [1.29, 1.82) is 4.78 Å². The van der Waals surface area contributed by atoms with Crippen LogP contribution in [-0.2, 0) is 9.92 Å². The maximum Gasteiger partial charge on any atom is 0.165 e. The minimum absolute atomic E-state index is 0.146. The third-order valence-corrected chi connectivity index (χ3v) is 7.35. The lowest BCUT2D eigenvalue weighted by atomic mass is 9.77. The first-order chi connectivity index (χ1) is 12.8. The third kappa shape index (κ3) is 3.36. The van der Waals surface area contributed by atoms with Gasteiger partial charge in [-0.2, -0.15) is 0 Å². The number of hydrogen-bond donors (Lipinski definition) is 1. The van der Waals surface area contributed by atoms with E-state index in [9.17, 15) is 8.60 Å². The maximum absolute atomic E-state index is 14.2. The molecular weight excluding hydrogens is 367 g/mol. The second kappa shape index (κ2) is 6.60. The Morgan fingerprint density at radius 3 is 2.59 bits per heavy atom. The van der Waals surface area contributed by atoms with Crippen LogP contribution in [0.5, 0.6) is 5.75 Å². The Labute approximate surface area is 159 Å². The van der Waals surface area contributed by atoms with Gasteiger partial charge in [-0.3, -0.25) is 4.98 Å². The van der Waals surface area contributed by atoms with Crippen molar-refractivity contribution < 1.29 is 13.3 Å². The number of hydrogen-bond acceptors (Lipinski definition) is 5. The van der Waals surface area contributed by atoms with Crippen molar-refractivity contribution in [3.63, 3.8) is 0 Å². The van der Waals surface area contributed by atoms with E-state index < -0.39 is 9.92 Å². The molecule has 4 rings (SSSR count). The van der Waals surface area contributed by atoms with Gasteiger partial charge in [-0.05, 0) is 36.8 Å². The quantitative estimate of drug-likeness (QED) is 0.870. The van der Waals surface area contributed by atoms with E-state index in [-0.39, 0.29) is 17.0 Å². The average Bonchev–Trinajstić information content (AvgIpc) is 3.06. The highest BCUT2D eigenvalue weighted by atomic mass is 32.2. The van der Waals surface area contributed by atoms with Crippen molar-refractivity contribution in [1.82, 2.24) is 9.29 Å². The van der Waals surface area contributed by atoms with E-state index in [1.165, 1.54) is 19.4 Å². The summed E-state index contributed by atoms with van der Waals surface area (Å²) >= 11 is 0. The summed E-state index contributed by atoms with van der Waals surface area (Å²) in [6.07, 6.45) is 6.23.